The third kappa shape index (κ3) is 5.01. The van der Waals surface area contributed by atoms with E-state index in [0.717, 1.165) is 30.0 Å². The second kappa shape index (κ2) is 9.97. The third-order valence-electron chi connectivity index (χ3n) is 5.54. The maximum absolute atomic E-state index is 12.9. The van der Waals surface area contributed by atoms with E-state index in [9.17, 15) is 4.79 Å². The molecule has 1 fully saturated rings. The molecule has 1 aliphatic heterocycles. The van der Waals surface area contributed by atoms with Gasteiger partial charge in [0.05, 0.1) is 19.6 Å². The zero-order valence-corrected chi connectivity index (χ0v) is 17.9. The summed E-state index contributed by atoms with van der Waals surface area (Å²) in [6.45, 7) is 3.51. The summed E-state index contributed by atoms with van der Waals surface area (Å²) in [5.41, 5.74) is 1.75. The summed E-state index contributed by atoms with van der Waals surface area (Å²) >= 11 is 0. The molecule has 0 bridgehead atoms. The number of likely N-dealkylation sites (tertiary alicyclic amines) is 1. The lowest BCUT2D eigenvalue weighted by Crippen LogP contribution is -2.35. The molecule has 1 heterocycles. The number of para-hydroxylation sites is 1. The maximum atomic E-state index is 12.9. The van der Waals surface area contributed by atoms with E-state index in [-0.39, 0.29) is 5.91 Å². The molecule has 1 saturated heterocycles. The first-order valence-electron chi connectivity index (χ1n) is 10.1. The van der Waals surface area contributed by atoms with Crippen molar-refractivity contribution in [1.29, 1.82) is 0 Å². The quantitative estimate of drug-likeness (QED) is 0.596. The van der Waals surface area contributed by atoms with Crippen molar-refractivity contribution >= 4 is 5.91 Å². The van der Waals surface area contributed by atoms with Crippen molar-refractivity contribution in [1.82, 2.24) is 4.90 Å². The van der Waals surface area contributed by atoms with Gasteiger partial charge >= 0.3 is 0 Å². The van der Waals surface area contributed by atoms with Gasteiger partial charge in [0.25, 0.3) is 0 Å². The minimum absolute atomic E-state index is 0.199. The van der Waals surface area contributed by atoms with E-state index in [2.05, 4.69) is 12.1 Å². The van der Waals surface area contributed by atoms with E-state index in [1.165, 1.54) is 5.56 Å². The molecule has 4 nitrogen and oxygen atoms in total. The van der Waals surface area contributed by atoms with Crippen LogP contribution in [-0.2, 0) is 16.8 Å². The van der Waals surface area contributed by atoms with Crippen LogP contribution in [0.25, 0.3) is 0 Å². The Morgan fingerprint density at radius 1 is 0.833 bits per heavy atom. The average molecular weight is 404 g/mol. The predicted octanol–water partition coefficient (Wildman–Crippen LogP) is 5.08. The topological polar surface area (TPSA) is 38.8 Å². The number of hydrogen-bond donors (Lipinski definition) is 0. The van der Waals surface area contributed by atoms with Crippen LogP contribution in [0, 0.1) is 0 Å². The highest BCUT2D eigenvalue weighted by Gasteiger charge is 2.43. The van der Waals surface area contributed by atoms with Gasteiger partial charge in [-0.3, -0.25) is 4.79 Å². The standard InChI is InChI=1S/C19H21NO2.C7H8O/c1-19(16-9-6-10-17(13-16)22-2)11-12-20(18(19)21)14-15-7-4-3-5-8-15;1-8-7-5-3-2-4-6-7/h3-10,13H,11-12,14H2,1-2H3;2-6H,1H3. The molecule has 0 aliphatic carbocycles. The number of carbonyl (C=O) groups excluding carboxylic acids is 1. The number of carbonyl (C=O) groups is 1. The van der Waals surface area contributed by atoms with E-state index in [4.69, 9.17) is 9.47 Å². The minimum Gasteiger partial charge on any atom is -0.497 e. The Morgan fingerprint density at radius 3 is 2.03 bits per heavy atom. The summed E-state index contributed by atoms with van der Waals surface area (Å²) in [5, 5.41) is 0. The molecular formula is C26H29NO3. The molecule has 0 N–H and O–H groups in total. The Bertz CT molecular complexity index is 943. The number of ether oxygens (including phenoxy) is 2. The summed E-state index contributed by atoms with van der Waals surface area (Å²) in [6, 6.07) is 27.7. The lowest BCUT2D eigenvalue weighted by molar-refractivity contribution is -0.132. The van der Waals surface area contributed by atoms with Crippen LogP contribution in [-0.4, -0.2) is 31.6 Å². The van der Waals surface area contributed by atoms with E-state index in [1.54, 1.807) is 14.2 Å². The Labute approximate surface area is 179 Å². The Balaban J connectivity index is 0.000000269. The molecular weight excluding hydrogens is 374 g/mol. The first-order chi connectivity index (χ1) is 14.6. The van der Waals surface area contributed by atoms with Crippen molar-refractivity contribution in [2.75, 3.05) is 20.8 Å². The fraction of sp³-hybridized carbons (Fsp3) is 0.269. The molecule has 0 aromatic heterocycles. The number of amides is 1. The average Bonchev–Trinajstić information content (AvgIpc) is 3.10. The van der Waals surface area contributed by atoms with E-state index in [1.807, 2.05) is 84.6 Å². The van der Waals surface area contributed by atoms with Crippen LogP contribution in [0.4, 0.5) is 0 Å². The largest absolute Gasteiger partial charge is 0.497 e. The van der Waals surface area contributed by atoms with Gasteiger partial charge in [0.15, 0.2) is 0 Å². The van der Waals surface area contributed by atoms with Crippen LogP contribution in [0.1, 0.15) is 24.5 Å². The van der Waals surface area contributed by atoms with Gasteiger partial charge in [0, 0.05) is 13.1 Å². The number of rotatable bonds is 5. The minimum atomic E-state index is -0.455. The summed E-state index contributed by atoms with van der Waals surface area (Å²) < 4.78 is 10.2. The van der Waals surface area contributed by atoms with Crippen LogP contribution >= 0.6 is 0 Å². The molecule has 0 saturated carbocycles. The molecule has 30 heavy (non-hydrogen) atoms. The van der Waals surface area contributed by atoms with Gasteiger partial charge in [-0.05, 0) is 48.7 Å². The molecule has 0 radical (unpaired) electrons. The first-order valence-corrected chi connectivity index (χ1v) is 10.1. The van der Waals surface area contributed by atoms with Crippen LogP contribution in [0.15, 0.2) is 84.9 Å². The van der Waals surface area contributed by atoms with Crippen LogP contribution in [0.3, 0.4) is 0 Å². The van der Waals surface area contributed by atoms with Crippen LogP contribution in [0.2, 0.25) is 0 Å². The Morgan fingerprint density at radius 2 is 1.43 bits per heavy atom. The van der Waals surface area contributed by atoms with Crippen molar-refractivity contribution in [3.8, 4) is 11.5 Å². The van der Waals surface area contributed by atoms with Gasteiger partial charge < -0.3 is 14.4 Å². The lowest BCUT2D eigenvalue weighted by Gasteiger charge is -2.24. The van der Waals surface area contributed by atoms with E-state index >= 15 is 0 Å². The van der Waals surface area contributed by atoms with Gasteiger partial charge in [-0.15, -0.1) is 0 Å². The molecule has 4 rings (SSSR count). The van der Waals surface area contributed by atoms with Gasteiger partial charge in [0.2, 0.25) is 5.91 Å². The summed E-state index contributed by atoms with van der Waals surface area (Å²) in [4.78, 5) is 14.9. The number of benzene rings is 3. The second-order valence-corrected chi connectivity index (χ2v) is 7.54. The molecule has 1 amide bonds. The highest BCUT2D eigenvalue weighted by molar-refractivity contribution is 5.90. The van der Waals surface area contributed by atoms with Crippen molar-refractivity contribution < 1.29 is 14.3 Å². The van der Waals surface area contributed by atoms with Crippen molar-refractivity contribution in [3.63, 3.8) is 0 Å². The van der Waals surface area contributed by atoms with Gasteiger partial charge in [-0.2, -0.15) is 0 Å². The molecule has 1 aliphatic rings. The zero-order valence-electron chi connectivity index (χ0n) is 17.9. The number of hydrogen-bond acceptors (Lipinski definition) is 3. The van der Waals surface area contributed by atoms with E-state index in [0.29, 0.717) is 6.54 Å². The van der Waals surface area contributed by atoms with Crippen molar-refractivity contribution in [2.24, 2.45) is 0 Å². The molecule has 3 aromatic carbocycles. The fourth-order valence-corrected chi connectivity index (χ4v) is 3.66. The number of nitrogens with zero attached hydrogens (tertiary/aromatic N) is 1. The fourth-order valence-electron chi connectivity index (χ4n) is 3.66. The third-order valence-corrected chi connectivity index (χ3v) is 5.54. The summed E-state index contributed by atoms with van der Waals surface area (Å²) in [5.74, 6) is 1.91. The second-order valence-electron chi connectivity index (χ2n) is 7.54. The monoisotopic (exact) mass is 403 g/mol. The van der Waals surface area contributed by atoms with Gasteiger partial charge in [0.1, 0.15) is 11.5 Å². The summed E-state index contributed by atoms with van der Waals surface area (Å²) in [6.07, 6.45) is 0.839. The normalized spacial score (nSPS) is 17.8. The van der Waals surface area contributed by atoms with Gasteiger partial charge in [-0.25, -0.2) is 0 Å². The Hall–Kier alpha value is -3.27. The molecule has 0 spiro atoms. The predicted molar refractivity (Wildman–Crippen MR) is 120 cm³/mol. The lowest BCUT2D eigenvalue weighted by atomic mass is 9.81. The zero-order chi connectivity index (χ0) is 21.4. The van der Waals surface area contributed by atoms with Crippen LogP contribution in [0.5, 0.6) is 11.5 Å². The molecule has 3 aromatic rings. The highest BCUT2D eigenvalue weighted by Crippen LogP contribution is 2.37. The van der Waals surface area contributed by atoms with Crippen molar-refractivity contribution in [2.45, 2.75) is 25.3 Å². The highest BCUT2D eigenvalue weighted by atomic mass is 16.5. The van der Waals surface area contributed by atoms with Gasteiger partial charge in [-0.1, -0.05) is 60.7 Å². The maximum Gasteiger partial charge on any atom is 0.233 e. The smallest absolute Gasteiger partial charge is 0.233 e. The van der Waals surface area contributed by atoms with Crippen molar-refractivity contribution in [3.05, 3.63) is 96.1 Å². The SMILES string of the molecule is COc1cccc(C2(C)CCN(Cc3ccccc3)C2=O)c1.COc1ccccc1. The first kappa shape index (κ1) is 21.4. The molecule has 1 unspecified atom stereocenters. The molecule has 4 heteroatoms. The molecule has 1 atom stereocenters. The molecule has 156 valence electrons. The summed E-state index contributed by atoms with van der Waals surface area (Å²) in [7, 11) is 3.31. The van der Waals surface area contributed by atoms with E-state index < -0.39 is 5.41 Å². The Kier molecular flexibility index (Phi) is 7.12. The van der Waals surface area contributed by atoms with Crippen LogP contribution < -0.4 is 9.47 Å². The number of methoxy groups -OCH3 is 2.